The first-order valence-corrected chi connectivity index (χ1v) is 10.4. The number of hydrogen-bond acceptors (Lipinski definition) is 1. The van der Waals surface area contributed by atoms with Crippen LogP contribution in [0, 0.1) is 20.8 Å². The van der Waals surface area contributed by atoms with Crippen LogP contribution in [0.4, 0.5) is 13.2 Å². The van der Waals surface area contributed by atoms with Crippen molar-refractivity contribution in [3.8, 4) is 0 Å². The standard InChI is InChI=1S/C24H25BrF3N/c1-16-10-17(2)23(18(3)11-16)15-29(13-19-5-8-22(25)9-6-19)14-20-4-7-21(12-20)24(26,27)28/h4-11H,12-15H2,1-3H3. The van der Waals surface area contributed by atoms with Gasteiger partial charge in [0.25, 0.3) is 0 Å². The van der Waals surface area contributed by atoms with E-state index in [-0.39, 0.29) is 6.42 Å². The Kier molecular flexibility index (Phi) is 6.69. The summed E-state index contributed by atoms with van der Waals surface area (Å²) >= 11 is 3.45. The number of alkyl halides is 3. The highest BCUT2D eigenvalue weighted by molar-refractivity contribution is 9.10. The molecule has 0 N–H and O–H groups in total. The van der Waals surface area contributed by atoms with Gasteiger partial charge in [0, 0.05) is 29.7 Å². The number of rotatable bonds is 6. The average molecular weight is 464 g/mol. The van der Waals surface area contributed by atoms with Crippen molar-refractivity contribution in [1.82, 2.24) is 4.90 Å². The van der Waals surface area contributed by atoms with Crippen molar-refractivity contribution in [1.29, 1.82) is 0 Å². The molecule has 5 heteroatoms. The molecule has 2 aromatic rings. The van der Waals surface area contributed by atoms with Gasteiger partial charge in [0.1, 0.15) is 0 Å². The van der Waals surface area contributed by atoms with Crippen LogP contribution in [0.1, 0.15) is 34.2 Å². The van der Waals surface area contributed by atoms with Crippen molar-refractivity contribution in [2.45, 2.75) is 46.5 Å². The molecule has 0 saturated heterocycles. The molecular weight excluding hydrogens is 439 g/mol. The number of aryl methyl sites for hydroxylation is 3. The Morgan fingerprint density at radius 2 is 1.52 bits per heavy atom. The highest BCUT2D eigenvalue weighted by atomic mass is 79.9. The van der Waals surface area contributed by atoms with Crippen molar-refractivity contribution in [2.75, 3.05) is 6.54 Å². The largest absolute Gasteiger partial charge is 0.413 e. The van der Waals surface area contributed by atoms with Crippen LogP contribution < -0.4 is 0 Å². The lowest BCUT2D eigenvalue weighted by Crippen LogP contribution is -2.26. The second-order valence-corrected chi connectivity index (χ2v) is 8.76. The van der Waals surface area contributed by atoms with Gasteiger partial charge in [-0.25, -0.2) is 0 Å². The van der Waals surface area contributed by atoms with Crippen LogP contribution >= 0.6 is 15.9 Å². The van der Waals surface area contributed by atoms with Crippen LogP contribution in [0.15, 0.2) is 64.2 Å². The maximum absolute atomic E-state index is 13.0. The predicted octanol–water partition coefficient (Wildman–Crippen LogP) is 7.20. The number of halogens is 4. The minimum absolute atomic E-state index is 0.0216. The Bertz CT molecular complexity index is 917. The lowest BCUT2D eigenvalue weighted by Gasteiger charge is -2.26. The van der Waals surface area contributed by atoms with Crippen molar-refractivity contribution in [2.24, 2.45) is 0 Å². The van der Waals surface area contributed by atoms with Crippen molar-refractivity contribution in [3.05, 3.63) is 92.0 Å². The normalized spacial score (nSPS) is 14.3. The molecule has 0 amide bonds. The average Bonchev–Trinajstić information content (AvgIpc) is 3.09. The molecule has 0 aromatic heterocycles. The number of nitrogens with zero attached hydrogens (tertiary/aromatic N) is 1. The van der Waals surface area contributed by atoms with Gasteiger partial charge in [-0.05, 0) is 61.6 Å². The Balaban J connectivity index is 1.80. The van der Waals surface area contributed by atoms with Crippen molar-refractivity contribution in [3.63, 3.8) is 0 Å². The molecule has 154 valence electrons. The lowest BCUT2D eigenvalue weighted by molar-refractivity contribution is -0.0928. The van der Waals surface area contributed by atoms with E-state index in [2.05, 4.69) is 53.7 Å². The summed E-state index contributed by atoms with van der Waals surface area (Å²) in [7, 11) is 0. The van der Waals surface area contributed by atoms with E-state index in [4.69, 9.17) is 0 Å². The molecule has 0 saturated carbocycles. The second-order valence-electron chi connectivity index (χ2n) is 7.84. The maximum atomic E-state index is 13.0. The topological polar surface area (TPSA) is 3.24 Å². The van der Waals surface area contributed by atoms with E-state index < -0.39 is 11.7 Å². The summed E-state index contributed by atoms with van der Waals surface area (Å²) in [6.07, 6.45) is -1.42. The van der Waals surface area contributed by atoms with Crippen LogP contribution in [0.25, 0.3) is 0 Å². The Morgan fingerprint density at radius 1 is 0.897 bits per heavy atom. The zero-order valence-corrected chi connectivity index (χ0v) is 18.5. The van der Waals surface area contributed by atoms with E-state index in [1.807, 2.05) is 24.3 Å². The monoisotopic (exact) mass is 463 g/mol. The molecule has 0 atom stereocenters. The van der Waals surface area contributed by atoms with Crippen LogP contribution in [-0.2, 0) is 13.1 Å². The molecule has 0 bridgehead atoms. The molecule has 0 radical (unpaired) electrons. The molecule has 1 aliphatic carbocycles. The van der Waals surface area contributed by atoms with E-state index in [1.54, 1.807) is 6.08 Å². The fraction of sp³-hybridized carbons (Fsp3) is 0.333. The van der Waals surface area contributed by atoms with Crippen LogP contribution in [0.5, 0.6) is 0 Å². The quantitative estimate of drug-likeness (QED) is 0.437. The molecule has 0 spiro atoms. The third kappa shape index (κ3) is 5.83. The summed E-state index contributed by atoms with van der Waals surface area (Å²) < 4.78 is 40.1. The Labute approximate surface area is 179 Å². The lowest BCUT2D eigenvalue weighted by atomic mass is 9.99. The summed E-state index contributed by atoms with van der Waals surface area (Å²) in [5, 5.41) is 0. The smallest absolute Gasteiger partial charge is 0.291 e. The molecule has 2 aromatic carbocycles. The van der Waals surface area contributed by atoms with Gasteiger partial charge in [-0.15, -0.1) is 0 Å². The van der Waals surface area contributed by atoms with E-state index >= 15 is 0 Å². The molecule has 29 heavy (non-hydrogen) atoms. The maximum Gasteiger partial charge on any atom is 0.413 e. The number of hydrogen-bond donors (Lipinski definition) is 0. The molecule has 0 heterocycles. The first kappa shape index (κ1) is 21.8. The highest BCUT2D eigenvalue weighted by Gasteiger charge is 2.35. The van der Waals surface area contributed by atoms with Crippen LogP contribution in [-0.4, -0.2) is 17.6 Å². The van der Waals surface area contributed by atoms with E-state index in [1.165, 1.54) is 28.3 Å². The fourth-order valence-electron chi connectivity index (χ4n) is 3.87. The number of benzene rings is 2. The SMILES string of the molecule is Cc1cc(C)c(CN(CC2=CC=C(C(F)(F)F)C2)Cc2ccc(Br)cc2)c(C)c1. The van der Waals surface area contributed by atoms with Crippen molar-refractivity contribution >= 4 is 15.9 Å². The van der Waals surface area contributed by atoms with Gasteiger partial charge in [0.15, 0.2) is 0 Å². The van der Waals surface area contributed by atoms with E-state index in [0.29, 0.717) is 19.6 Å². The zero-order chi connectivity index (χ0) is 21.2. The zero-order valence-electron chi connectivity index (χ0n) is 16.9. The minimum atomic E-state index is -4.25. The van der Waals surface area contributed by atoms with Gasteiger partial charge in [0.2, 0.25) is 0 Å². The van der Waals surface area contributed by atoms with E-state index in [0.717, 1.165) is 15.6 Å². The molecule has 0 aliphatic heterocycles. The summed E-state index contributed by atoms with van der Waals surface area (Å²) in [5.41, 5.74) is 6.39. The third-order valence-corrected chi connectivity index (χ3v) is 5.80. The Morgan fingerprint density at radius 3 is 2.07 bits per heavy atom. The molecule has 3 rings (SSSR count). The van der Waals surface area contributed by atoms with Crippen LogP contribution in [0.2, 0.25) is 0 Å². The first-order valence-electron chi connectivity index (χ1n) is 9.61. The molecule has 1 nitrogen and oxygen atoms in total. The van der Waals surface area contributed by atoms with Gasteiger partial charge in [0.05, 0.1) is 0 Å². The van der Waals surface area contributed by atoms with Gasteiger partial charge < -0.3 is 0 Å². The third-order valence-electron chi connectivity index (χ3n) is 5.27. The van der Waals surface area contributed by atoms with Gasteiger partial charge >= 0.3 is 6.18 Å². The van der Waals surface area contributed by atoms with Gasteiger partial charge in [-0.1, -0.05) is 63.5 Å². The van der Waals surface area contributed by atoms with Gasteiger partial charge in [-0.3, -0.25) is 4.90 Å². The molecule has 0 fully saturated rings. The van der Waals surface area contributed by atoms with Crippen molar-refractivity contribution < 1.29 is 13.2 Å². The molecule has 1 aliphatic rings. The fourth-order valence-corrected chi connectivity index (χ4v) is 4.13. The van der Waals surface area contributed by atoms with Crippen LogP contribution in [0.3, 0.4) is 0 Å². The summed E-state index contributed by atoms with van der Waals surface area (Å²) in [5.74, 6) is 0. The summed E-state index contributed by atoms with van der Waals surface area (Å²) in [4.78, 5) is 2.23. The van der Waals surface area contributed by atoms with Gasteiger partial charge in [-0.2, -0.15) is 13.2 Å². The second kappa shape index (κ2) is 8.88. The first-order chi connectivity index (χ1) is 13.6. The predicted molar refractivity (Wildman–Crippen MR) is 116 cm³/mol. The Hall–Kier alpha value is -1.85. The number of allylic oxidation sites excluding steroid dienone is 3. The molecule has 0 unspecified atom stereocenters. The summed E-state index contributed by atoms with van der Waals surface area (Å²) in [6.45, 7) is 8.18. The highest BCUT2D eigenvalue weighted by Crippen LogP contribution is 2.34. The van der Waals surface area contributed by atoms with E-state index in [9.17, 15) is 13.2 Å². The summed E-state index contributed by atoms with van der Waals surface area (Å²) in [6, 6.07) is 12.4. The molecular formula is C24H25BrF3N. The minimum Gasteiger partial charge on any atom is -0.291 e.